The number of fused-ring (bicyclic) bond motifs is 1. The standard InChI is InChI=1S/C9H12.3C2H6N.Ti/c1-2-5-9-7-3-6-8(9)4-1;3*1-3-2;/h1-2,4-5,8-9H,3,6-7H2;3*1-2H3;/q;3*-1;+4. The molecular formula is C15H30N3Ti+. The maximum atomic E-state index is 3.50. The molecule has 0 bridgehead atoms. The smallest absolute Gasteiger partial charge is 0.668 e. The first-order chi connectivity index (χ1) is 8.71. The summed E-state index contributed by atoms with van der Waals surface area (Å²) >= 11 is 0. The SMILES string of the molecule is C1=CC2CCCC2C=C1.C[N-]C.C[N-]C.C[N-]C.[Ti+4]. The van der Waals surface area contributed by atoms with Crippen LogP contribution in [0.25, 0.3) is 16.0 Å². The second-order valence-electron chi connectivity index (χ2n) is 4.37. The molecule has 0 aromatic heterocycles. The van der Waals surface area contributed by atoms with E-state index < -0.39 is 0 Å². The predicted octanol–water partition coefficient (Wildman–Crippen LogP) is 4.39. The summed E-state index contributed by atoms with van der Waals surface area (Å²) in [6.45, 7) is 0. The number of hydrogen-bond donors (Lipinski definition) is 0. The first-order valence-electron chi connectivity index (χ1n) is 6.50. The number of rotatable bonds is 0. The maximum Gasteiger partial charge on any atom is 4.00 e. The Morgan fingerprint density at radius 3 is 1.21 bits per heavy atom. The molecule has 1 fully saturated rings. The third-order valence-electron chi connectivity index (χ3n) is 2.45. The molecule has 3 nitrogen and oxygen atoms in total. The number of nitrogens with zero attached hydrogens (tertiary/aromatic N) is 3. The molecule has 2 rings (SSSR count). The zero-order valence-electron chi connectivity index (χ0n) is 13.4. The van der Waals surface area contributed by atoms with Crippen LogP contribution >= 0.6 is 0 Å². The fourth-order valence-corrected chi connectivity index (χ4v) is 1.91. The van der Waals surface area contributed by atoms with Crippen molar-refractivity contribution in [1.29, 1.82) is 0 Å². The van der Waals surface area contributed by atoms with Gasteiger partial charge in [0.1, 0.15) is 0 Å². The molecule has 0 amide bonds. The quantitative estimate of drug-likeness (QED) is 0.596. The Morgan fingerprint density at radius 2 is 0.947 bits per heavy atom. The van der Waals surface area contributed by atoms with E-state index in [9.17, 15) is 0 Å². The van der Waals surface area contributed by atoms with E-state index in [-0.39, 0.29) is 21.7 Å². The normalized spacial score (nSPS) is 21.4. The van der Waals surface area contributed by atoms with Gasteiger partial charge in [0.15, 0.2) is 0 Å². The van der Waals surface area contributed by atoms with Gasteiger partial charge in [0.05, 0.1) is 0 Å². The third kappa shape index (κ3) is 16.0. The minimum absolute atomic E-state index is 0. The van der Waals surface area contributed by atoms with Gasteiger partial charge in [-0.3, -0.25) is 0 Å². The van der Waals surface area contributed by atoms with E-state index in [0.717, 1.165) is 11.8 Å². The Hall–Kier alpha value is 0.0743. The van der Waals surface area contributed by atoms with Crippen LogP contribution in [0.5, 0.6) is 0 Å². The van der Waals surface area contributed by atoms with Crippen LogP contribution in [0.3, 0.4) is 0 Å². The second kappa shape index (κ2) is 20.4. The van der Waals surface area contributed by atoms with Crippen molar-refractivity contribution >= 4 is 0 Å². The van der Waals surface area contributed by atoms with Crippen molar-refractivity contribution in [3.63, 3.8) is 0 Å². The van der Waals surface area contributed by atoms with Crippen molar-refractivity contribution in [1.82, 2.24) is 0 Å². The summed E-state index contributed by atoms with van der Waals surface area (Å²) in [6, 6.07) is 0. The van der Waals surface area contributed by atoms with E-state index in [2.05, 4.69) is 40.3 Å². The summed E-state index contributed by atoms with van der Waals surface area (Å²) in [5.74, 6) is 1.80. The minimum atomic E-state index is 0. The molecule has 2 unspecified atom stereocenters. The van der Waals surface area contributed by atoms with Gasteiger partial charge < -0.3 is 16.0 Å². The monoisotopic (exact) mass is 300 g/mol. The molecule has 0 heterocycles. The van der Waals surface area contributed by atoms with Crippen LogP contribution in [0.4, 0.5) is 0 Å². The van der Waals surface area contributed by atoms with Gasteiger partial charge >= 0.3 is 21.7 Å². The molecule has 2 aliphatic carbocycles. The van der Waals surface area contributed by atoms with Gasteiger partial charge in [0.2, 0.25) is 0 Å². The molecule has 0 aromatic rings. The molecular weight excluding hydrogens is 270 g/mol. The van der Waals surface area contributed by atoms with Crippen molar-refractivity contribution in [2.45, 2.75) is 19.3 Å². The van der Waals surface area contributed by atoms with E-state index in [4.69, 9.17) is 0 Å². The molecule has 0 saturated heterocycles. The topological polar surface area (TPSA) is 42.3 Å². The molecule has 4 heteroatoms. The fourth-order valence-electron chi connectivity index (χ4n) is 1.91. The Bertz CT molecular complexity index is 183. The van der Waals surface area contributed by atoms with Gasteiger partial charge in [0, 0.05) is 0 Å². The Labute approximate surface area is 135 Å². The molecule has 0 radical (unpaired) electrons. The molecule has 0 spiro atoms. The van der Waals surface area contributed by atoms with E-state index in [0.29, 0.717) is 0 Å². The van der Waals surface area contributed by atoms with Crippen LogP contribution in [0.15, 0.2) is 24.3 Å². The van der Waals surface area contributed by atoms with Crippen LogP contribution in [0.1, 0.15) is 19.3 Å². The summed E-state index contributed by atoms with van der Waals surface area (Å²) in [4.78, 5) is 0. The molecule has 0 aliphatic heterocycles. The van der Waals surface area contributed by atoms with E-state index >= 15 is 0 Å². The average Bonchev–Trinajstić information content (AvgIpc) is 2.80. The van der Waals surface area contributed by atoms with Crippen molar-refractivity contribution in [3.8, 4) is 0 Å². The largest absolute Gasteiger partial charge is 4.00 e. The van der Waals surface area contributed by atoms with Gasteiger partial charge in [-0.1, -0.05) is 30.7 Å². The molecule has 0 aromatic carbocycles. The second-order valence-corrected chi connectivity index (χ2v) is 4.37. The minimum Gasteiger partial charge on any atom is -0.668 e. The van der Waals surface area contributed by atoms with Crippen molar-refractivity contribution in [3.05, 3.63) is 40.3 Å². The van der Waals surface area contributed by atoms with Crippen molar-refractivity contribution in [2.24, 2.45) is 11.8 Å². The summed E-state index contributed by atoms with van der Waals surface area (Å²) < 4.78 is 0. The van der Waals surface area contributed by atoms with Gasteiger partial charge in [-0.2, -0.15) is 42.3 Å². The van der Waals surface area contributed by atoms with Crippen LogP contribution in [0, 0.1) is 11.8 Å². The summed E-state index contributed by atoms with van der Waals surface area (Å²) in [5, 5.41) is 10.5. The predicted molar refractivity (Wildman–Crippen MR) is 84.7 cm³/mol. The summed E-state index contributed by atoms with van der Waals surface area (Å²) in [5.41, 5.74) is 0. The fraction of sp³-hybridized carbons (Fsp3) is 0.733. The third-order valence-corrected chi connectivity index (χ3v) is 2.45. The van der Waals surface area contributed by atoms with Gasteiger partial charge in [0.25, 0.3) is 0 Å². The van der Waals surface area contributed by atoms with Crippen LogP contribution < -0.4 is 0 Å². The van der Waals surface area contributed by atoms with Crippen LogP contribution in [-0.2, 0) is 21.7 Å². The molecule has 2 atom stereocenters. The van der Waals surface area contributed by atoms with Crippen molar-refractivity contribution < 1.29 is 21.7 Å². The number of allylic oxidation sites excluding steroid dienone is 4. The molecule has 0 N–H and O–H groups in total. The maximum absolute atomic E-state index is 3.50. The average molecular weight is 300 g/mol. The first-order valence-corrected chi connectivity index (χ1v) is 6.50. The van der Waals surface area contributed by atoms with Crippen molar-refractivity contribution in [2.75, 3.05) is 42.3 Å². The molecule has 108 valence electrons. The molecule has 1 saturated carbocycles. The zero-order chi connectivity index (χ0) is 14.2. The summed E-state index contributed by atoms with van der Waals surface area (Å²) in [7, 11) is 10.5. The Kier molecular flexibility index (Phi) is 25.9. The van der Waals surface area contributed by atoms with Gasteiger partial charge in [-0.15, -0.1) is 0 Å². The molecule has 19 heavy (non-hydrogen) atoms. The first kappa shape index (κ1) is 24.1. The summed E-state index contributed by atoms with van der Waals surface area (Å²) in [6.07, 6.45) is 13.4. The zero-order valence-corrected chi connectivity index (χ0v) is 15.0. The Balaban J connectivity index is -0.000000220. The van der Waals surface area contributed by atoms with E-state index in [1.165, 1.54) is 19.3 Å². The van der Waals surface area contributed by atoms with Gasteiger partial charge in [-0.05, 0) is 24.7 Å². The van der Waals surface area contributed by atoms with E-state index in [1.807, 2.05) is 0 Å². The van der Waals surface area contributed by atoms with Gasteiger partial charge in [-0.25, -0.2) is 0 Å². The number of hydrogen-bond acceptors (Lipinski definition) is 0. The Morgan fingerprint density at radius 1 is 0.684 bits per heavy atom. The molecule has 2 aliphatic rings. The van der Waals surface area contributed by atoms with E-state index in [1.54, 1.807) is 42.3 Å². The van der Waals surface area contributed by atoms with Crippen LogP contribution in [-0.4, -0.2) is 42.3 Å². The van der Waals surface area contributed by atoms with Crippen LogP contribution in [0.2, 0.25) is 0 Å².